The summed E-state index contributed by atoms with van der Waals surface area (Å²) in [7, 11) is 0. The van der Waals surface area contributed by atoms with Crippen molar-refractivity contribution in [2.75, 3.05) is 5.75 Å². The van der Waals surface area contributed by atoms with Crippen molar-refractivity contribution in [2.24, 2.45) is 0 Å². The number of halogens is 1. The molecular formula is C19H14FN3OS3. The van der Waals surface area contributed by atoms with E-state index in [1.165, 1.54) is 30.2 Å². The quantitative estimate of drug-likeness (QED) is 0.360. The molecule has 136 valence electrons. The molecule has 8 heteroatoms. The van der Waals surface area contributed by atoms with E-state index < -0.39 is 0 Å². The van der Waals surface area contributed by atoms with Crippen LogP contribution in [0.3, 0.4) is 0 Å². The number of aromatic nitrogens is 2. The van der Waals surface area contributed by atoms with Crippen LogP contribution in [0, 0.1) is 5.82 Å². The lowest BCUT2D eigenvalue weighted by Crippen LogP contribution is -2.30. The molecule has 3 aromatic heterocycles. The lowest BCUT2D eigenvalue weighted by atomic mass is 10.1. The number of carbonyl (C=O) groups excluding carboxylic acids is 1. The van der Waals surface area contributed by atoms with Crippen LogP contribution >= 0.6 is 34.4 Å². The molecule has 4 aromatic rings. The van der Waals surface area contributed by atoms with E-state index in [9.17, 15) is 9.18 Å². The predicted molar refractivity (Wildman–Crippen MR) is 109 cm³/mol. The average molecular weight is 416 g/mol. The molecule has 0 radical (unpaired) electrons. The van der Waals surface area contributed by atoms with Gasteiger partial charge in [-0.05, 0) is 40.6 Å². The zero-order valence-corrected chi connectivity index (χ0v) is 16.4. The number of amides is 1. The predicted octanol–water partition coefficient (Wildman–Crippen LogP) is 4.89. The third-order valence-electron chi connectivity index (χ3n) is 3.90. The minimum atomic E-state index is -0.301. The molecule has 0 spiro atoms. The maximum absolute atomic E-state index is 13.3. The number of hydrogen-bond acceptors (Lipinski definition) is 6. The molecular weight excluding hydrogens is 401 g/mol. The summed E-state index contributed by atoms with van der Waals surface area (Å²) in [5.74, 6) is -0.163. The Labute approximate surface area is 167 Å². The first-order valence-corrected chi connectivity index (χ1v) is 10.8. The second kappa shape index (κ2) is 8.16. The fourth-order valence-electron chi connectivity index (χ4n) is 2.65. The van der Waals surface area contributed by atoms with Crippen LogP contribution in [0.15, 0.2) is 64.6 Å². The molecule has 0 unspecified atom stereocenters. The third-order valence-corrected chi connectivity index (χ3v) is 6.66. The Bertz CT molecular complexity index is 1050. The zero-order valence-electron chi connectivity index (χ0n) is 14.0. The summed E-state index contributed by atoms with van der Waals surface area (Å²) >= 11 is 4.49. The molecule has 4 nitrogen and oxygen atoms in total. The van der Waals surface area contributed by atoms with Gasteiger partial charge in [0.05, 0.1) is 11.8 Å². The highest BCUT2D eigenvalue weighted by Crippen LogP contribution is 2.29. The van der Waals surface area contributed by atoms with Gasteiger partial charge in [0.1, 0.15) is 22.0 Å². The standard InChI is InChI=1S/C19H14FN3OS3/c20-13-5-3-12(4-6-13)17(15-2-1-8-25-15)23-16(24)10-27-19-14-7-9-26-18(14)21-11-22-19/h1-9,11,17H,10H2,(H,23,24)/t17-/m0/s1. The summed E-state index contributed by atoms with van der Waals surface area (Å²) in [5, 5.41) is 8.74. The molecule has 0 fully saturated rings. The van der Waals surface area contributed by atoms with E-state index in [2.05, 4.69) is 15.3 Å². The van der Waals surface area contributed by atoms with Crippen molar-refractivity contribution in [2.45, 2.75) is 11.1 Å². The van der Waals surface area contributed by atoms with E-state index in [0.717, 1.165) is 25.7 Å². The first-order chi connectivity index (χ1) is 13.2. The number of hydrogen-bond donors (Lipinski definition) is 1. The summed E-state index contributed by atoms with van der Waals surface area (Å²) < 4.78 is 13.3. The van der Waals surface area contributed by atoms with E-state index >= 15 is 0 Å². The van der Waals surface area contributed by atoms with Crippen LogP contribution in [0.4, 0.5) is 4.39 Å². The average Bonchev–Trinajstić information content (AvgIpc) is 3.37. The van der Waals surface area contributed by atoms with E-state index in [-0.39, 0.29) is 23.5 Å². The Balaban J connectivity index is 1.48. The van der Waals surface area contributed by atoms with Crippen LogP contribution in [0.2, 0.25) is 0 Å². The van der Waals surface area contributed by atoms with E-state index in [1.54, 1.807) is 34.8 Å². The van der Waals surface area contributed by atoms with E-state index in [1.807, 2.05) is 29.0 Å². The van der Waals surface area contributed by atoms with Crippen molar-refractivity contribution in [1.82, 2.24) is 15.3 Å². The first kappa shape index (κ1) is 18.1. The fourth-order valence-corrected chi connectivity index (χ4v) is 5.04. The molecule has 1 atom stereocenters. The van der Waals surface area contributed by atoms with Gasteiger partial charge >= 0.3 is 0 Å². The van der Waals surface area contributed by atoms with Crippen molar-refractivity contribution in [1.29, 1.82) is 0 Å². The number of carbonyl (C=O) groups is 1. The number of fused-ring (bicyclic) bond motifs is 1. The van der Waals surface area contributed by atoms with Gasteiger partial charge < -0.3 is 5.32 Å². The molecule has 1 aromatic carbocycles. The van der Waals surface area contributed by atoms with Crippen LogP contribution in [0.5, 0.6) is 0 Å². The van der Waals surface area contributed by atoms with E-state index in [0.29, 0.717) is 0 Å². The summed E-state index contributed by atoms with van der Waals surface area (Å²) in [6.45, 7) is 0. The molecule has 1 amide bonds. The lowest BCUT2D eigenvalue weighted by molar-refractivity contribution is -0.119. The molecule has 0 aliphatic heterocycles. The monoisotopic (exact) mass is 415 g/mol. The molecule has 3 heterocycles. The molecule has 0 bridgehead atoms. The maximum atomic E-state index is 13.3. The van der Waals surface area contributed by atoms with Crippen LogP contribution in [-0.2, 0) is 4.79 Å². The Morgan fingerprint density at radius 3 is 2.74 bits per heavy atom. The Morgan fingerprint density at radius 1 is 1.11 bits per heavy atom. The minimum Gasteiger partial charge on any atom is -0.344 e. The van der Waals surface area contributed by atoms with Crippen molar-refractivity contribution >= 4 is 50.6 Å². The Hall–Kier alpha value is -2.29. The van der Waals surface area contributed by atoms with Crippen molar-refractivity contribution in [3.05, 3.63) is 75.8 Å². The van der Waals surface area contributed by atoms with Crippen LogP contribution in [-0.4, -0.2) is 21.6 Å². The van der Waals surface area contributed by atoms with E-state index in [4.69, 9.17) is 0 Å². The SMILES string of the molecule is O=C(CSc1ncnc2sccc12)N[C@@H](c1ccc(F)cc1)c1cccs1. The molecule has 0 aliphatic rings. The molecule has 27 heavy (non-hydrogen) atoms. The van der Waals surface area contributed by atoms with Gasteiger partial charge in [0.2, 0.25) is 5.91 Å². The summed E-state index contributed by atoms with van der Waals surface area (Å²) in [6, 6.07) is 11.8. The molecule has 0 saturated carbocycles. The Morgan fingerprint density at radius 2 is 1.96 bits per heavy atom. The highest BCUT2D eigenvalue weighted by atomic mass is 32.2. The summed E-state index contributed by atoms with van der Waals surface area (Å²) in [5.41, 5.74) is 0.847. The maximum Gasteiger partial charge on any atom is 0.231 e. The number of thiophene rings is 2. The van der Waals surface area contributed by atoms with Gasteiger partial charge in [0.15, 0.2) is 0 Å². The highest BCUT2D eigenvalue weighted by molar-refractivity contribution is 8.00. The van der Waals surface area contributed by atoms with Crippen LogP contribution in [0.1, 0.15) is 16.5 Å². The second-order valence-corrected chi connectivity index (χ2v) is 8.51. The number of nitrogens with zero attached hydrogens (tertiary/aromatic N) is 2. The van der Waals surface area contributed by atoms with Gasteiger partial charge in [-0.15, -0.1) is 22.7 Å². The lowest BCUT2D eigenvalue weighted by Gasteiger charge is -2.18. The summed E-state index contributed by atoms with van der Waals surface area (Å²) in [6.07, 6.45) is 1.52. The molecule has 0 saturated heterocycles. The number of benzene rings is 1. The van der Waals surface area contributed by atoms with Crippen LogP contribution in [0.25, 0.3) is 10.2 Å². The first-order valence-electron chi connectivity index (χ1n) is 8.10. The molecule has 0 aliphatic carbocycles. The number of nitrogens with one attached hydrogen (secondary N) is 1. The van der Waals surface area contributed by atoms with Crippen molar-refractivity contribution < 1.29 is 9.18 Å². The van der Waals surface area contributed by atoms with Gasteiger partial charge in [-0.25, -0.2) is 14.4 Å². The third kappa shape index (κ3) is 4.18. The highest BCUT2D eigenvalue weighted by Gasteiger charge is 2.18. The topological polar surface area (TPSA) is 54.9 Å². The zero-order chi connectivity index (χ0) is 18.6. The molecule has 1 N–H and O–H groups in total. The minimum absolute atomic E-state index is 0.107. The van der Waals surface area contributed by atoms with Crippen LogP contribution < -0.4 is 5.32 Å². The normalized spacial score (nSPS) is 12.2. The van der Waals surface area contributed by atoms with Gasteiger partial charge in [0, 0.05) is 10.3 Å². The van der Waals surface area contributed by atoms with Crippen molar-refractivity contribution in [3.63, 3.8) is 0 Å². The van der Waals surface area contributed by atoms with Crippen molar-refractivity contribution in [3.8, 4) is 0 Å². The number of thioether (sulfide) groups is 1. The van der Waals surface area contributed by atoms with Gasteiger partial charge in [0.25, 0.3) is 0 Å². The second-order valence-electron chi connectivity index (χ2n) is 5.67. The molecule has 4 rings (SSSR count). The largest absolute Gasteiger partial charge is 0.344 e. The van der Waals surface area contributed by atoms with Gasteiger partial charge in [-0.3, -0.25) is 4.79 Å². The smallest absolute Gasteiger partial charge is 0.231 e. The Kier molecular flexibility index (Phi) is 5.47. The summed E-state index contributed by atoms with van der Waals surface area (Å²) in [4.78, 5) is 23.0. The van der Waals surface area contributed by atoms with Gasteiger partial charge in [-0.1, -0.05) is 30.0 Å². The fraction of sp³-hybridized carbons (Fsp3) is 0.105. The van der Waals surface area contributed by atoms with Gasteiger partial charge in [-0.2, -0.15) is 0 Å². The number of rotatable bonds is 6.